The molecule has 0 aliphatic heterocycles. The van der Waals surface area contributed by atoms with Gasteiger partial charge in [0, 0.05) is 30.7 Å². The normalized spacial score (nSPS) is 12.7. The van der Waals surface area contributed by atoms with Crippen LogP contribution in [0.4, 0.5) is 13.2 Å². The van der Waals surface area contributed by atoms with Crippen molar-refractivity contribution in [2.75, 3.05) is 19.8 Å². The minimum Gasteiger partial charge on any atom is -0.468 e. The molecule has 1 amide bonds. The zero-order valence-electron chi connectivity index (χ0n) is 16.4. The molecule has 9 nitrogen and oxygen atoms in total. The molecule has 0 unspecified atom stereocenters. The molecule has 12 heteroatoms. The largest absolute Gasteiger partial charge is 0.468 e. The van der Waals surface area contributed by atoms with Crippen molar-refractivity contribution < 1.29 is 32.9 Å². The molecule has 1 atom stereocenters. The molecule has 166 valence electrons. The van der Waals surface area contributed by atoms with Gasteiger partial charge < -0.3 is 20.3 Å². The fraction of sp³-hybridized carbons (Fsp3) is 0.368. The Morgan fingerprint density at radius 2 is 2.13 bits per heavy atom. The summed E-state index contributed by atoms with van der Waals surface area (Å²) >= 11 is 0. The molecule has 31 heavy (non-hydrogen) atoms. The Labute approximate surface area is 174 Å². The summed E-state index contributed by atoms with van der Waals surface area (Å²) in [4.78, 5) is 20.4. The first kappa shape index (κ1) is 22.4. The number of nitrogens with one attached hydrogen (secondary N) is 1. The van der Waals surface area contributed by atoms with E-state index in [1.54, 1.807) is 29.9 Å². The number of aryl methyl sites for hydroxylation is 1. The average Bonchev–Trinajstić information content (AvgIpc) is 3.12. The molecule has 3 aromatic heterocycles. The van der Waals surface area contributed by atoms with E-state index < -0.39 is 31.4 Å². The van der Waals surface area contributed by atoms with E-state index in [9.17, 15) is 23.1 Å². The van der Waals surface area contributed by atoms with Crippen LogP contribution in [0.2, 0.25) is 0 Å². The average molecular weight is 439 g/mol. The van der Waals surface area contributed by atoms with Gasteiger partial charge in [0.05, 0.1) is 30.2 Å². The number of nitrogens with zero attached hydrogens (tertiary/aromatic N) is 4. The molecular formula is C19H20F3N5O4. The minimum absolute atomic E-state index is 0.0973. The second-order valence-corrected chi connectivity index (χ2v) is 6.83. The monoisotopic (exact) mass is 439 g/mol. The summed E-state index contributed by atoms with van der Waals surface area (Å²) in [5.41, 5.74) is 1.74. The lowest BCUT2D eigenvalue weighted by molar-refractivity contribution is -0.154. The van der Waals surface area contributed by atoms with Crippen molar-refractivity contribution in [3.05, 3.63) is 47.5 Å². The Balaban J connectivity index is 1.75. The van der Waals surface area contributed by atoms with Crippen molar-refractivity contribution in [2.45, 2.75) is 25.7 Å². The van der Waals surface area contributed by atoms with Gasteiger partial charge >= 0.3 is 6.18 Å². The standard InChI is InChI=1S/C19H20F3N5O4/c1-11-4-12(5-25-18(11)31-10-19(20,21)22)7-27-8-14-15(26-27)2-3-23-16(14)17(30)24-6-13(29)9-28/h2-5,8,13,28-29H,6-7,9-10H2,1H3,(H,24,30)/t13-/m0/s1. The predicted molar refractivity (Wildman–Crippen MR) is 103 cm³/mol. The Kier molecular flexibility index (Phi) is 6.71. The summed E-state index contributed by atoms with van der Waals surface area (Å²) in [5.74, 6) is -0.624. The molecule has 0 aromatic carbocycles. The number of amides is 1. The van der Waals surface area contributed by atoms with Crippen LogP contribution in [0.3, 0.4) is 0 Å². The minimum atomic E-state index is -4.45. The predicted octanol–water partition coefficient (Wildman–Crippen LogP) is 1.21. The molecule has 3 aromatic rings. The van der Waals surface area contributed by atoms with Gasteiger partial charge in [0.2, 0.25) is 5.88 Å². The number of aromatic nitrogens is 4. The van der Waals surface area contributed by atoms with Gasteiger partial charge in [-0.3, -0.25) is 14.5 Å². The van der Waals surface area contributed by atoms with Gasteiger partial charge in [-0.25, -0.2) is 4.98 Å². The number of hydrogen-bond acceptors (Lipinski definition) is 7. The van der Waals surface area contributed by atoms with Gasteiger partial charge in [0.15, 0.2) is 6.61 Å². The number of halogens is 3. The Bertz CT molecular complexity index is 1070. The van der Waals surface area contributed by atoms with E-state index >= 15 is 0 Å². The first-order valence-electron chi connectivity index (χ1n) is 9.20. The molecule has 0 saturated heterocycles. The quantitative estimate of drug-likeness (QED) is 0.482. The van der Waals surface area contributed by atoms with Crippen molar-refractivity contribution >= 4 is 16.8 Å². The van der Waals surface area contributed by atoms with Crippen molar-refractivity contribution in [3.63, 3.8) is 0 Å². The van der Waals surface area contributed by atoms with E-state index in [1.165, 1.54) is 12.4 Å². The van der Waals surface area contributed by atoms with E-state index in [0.717, 1.165) is 0 Å². The van der Waals surface area contributed by atoms with Crippen LogP contribution in [0.1, 0.15) is 21.6 Å². The van der Waals surface area contributed by atoms with Crippen LogP contribution in [0.5, 0.6) is 5.88 Å². The summed E-state index contributed by atoms with van der Waals surface area (Å²) in [6.45, 7) is -0.183. The number of aliphatic hydroxyl groups is 2. The Hall–Kier alpha value is -3.25. The van der Waals surface area contributed by atoms with E-state index in [2.05, 4.69) is 20.4 Å². The van der Waals surface area contributed by atoms with Gasteiger partial charge in [-0.05, 0) is 24.6 Å². The number of hydrogen-bond donors (Lipinski definition) is 3. The second-order valence-electron chi connectivity index (χ2n) is 6.83. The maximum absolute atomic E-state index is 12.4. The maximum Gasteiger partial charge on any atom is 0.422 e. The zero-order valence-corrected chi connectivity index (χ0v) is 16.4. The third-order valence-corrected chi connectivity index (χ3v) is 4.21. The summed E-state index contributed by atoms with van der Waals surface area (Å²) in [6.07, 6.45) is -1.09. The van der Waals surface area contributed by atoms with Gasteiger partial charge in [-0.2, -0.15) is 18.3 Å². The molecule has 3 N–H and O–H groups in total. The topological polar surface area (TPSA) is 122 Å². The van der Waals surface area contributed by atoms with Crippen molar-refractivity contribution in [1.29, 1.82) is 0 Å². The lowest BCUT2D eigenvalue weighted by atomic mass is 10.2. The highest BCUT2D eigenvalue weighted by atomic mass is 19.4. The molecule has 0 aliphatic carbocycles. The Morgan fingerprint density at radius 3 is 2.81 bits per heavy atom. The summed E-state index contributed by atoms with van der Waals surface area (Å²) in [6, 6.07) is 3.27. The number of rotatable bonds is 8. The van der Waals surface area contributed by atoms with Crippen LogP contribution in [0.15, 0.2) is 30.7 Å². The van der Waals surface area contributed by atoms with E-state index in [4.69, 9.17) is 9.84 Å². The number of aliphatic hydroxyl groups excluding tert-OH is 2. The molecular weight excluding hydrogens is 419 g/mol. The third kappa shape index (κ3) is 5.89. The number of fused-ring (bicyclic) bond motifs is 1. The number of carbonyl (C=O) groups excluding carboxylic acids is 1. The molecule has 0 fully saturated rings. The number of alkyl halides is 3. The van der Waals surface area contributed by atoms with E-state index in [-0.39, 0.29) is 24.7 Å². The third-order valence-electron chi connectivity index (χ3n) is 4.21. The lowest BCUT2D eigenvalue weighted by Gasteiger charge is -2.11. The lowest BCUT2D eigenvalue weighted by Crippen LogP contribution is -2.34. The maximum atomic E-state index is 12.4. The molecule has 3 heterocycles. The van der Waals surface area contributed by atoms with Crippen LogP contribution in [0, 0.1) is 6.92 Å². The van der Waals surface area contributed by atoms with Gasteiger partial charge in [0.1, 0.15) is 5.69 Å². The first-order chi connectivity index (χ1) is 14.7. The fourth-order valence-electron chi connectivity index (χ4n) is 2.81. The van der Waals surface area contributed by atoms with Crippen molar-refractivity contribution in [1.82, 2.24) is 25.1 Å². The van der Waals surface area contributed by atoms with Crippen LogP contribution in [-0.2, 0) is 6.54 Å². The molecule has 0 bridgehead atoms. The highest BCUT2D eigenvalue weighted by Gasteiger charge is 2.29. The summed E-state index contributed by atoms with van der Waals surface area (Å²) in [7, 11) is 0. The van der Waals surface area contributed by atoms with Gasteiger partial charge in [-0.1, -0.05) is 0 Å². The van der Waals surface area contributed by atoms with Crippen LogP contribution >= 0.6 is 0 Å². The molecule has 0 radical (unpaired) electrons. The van der Waals surface area contributed by atoms with Gasteiger partial charge in [0.25, 0.3) is 5.91 Å². The molecule has 0 saturated carbocycles. The Morgan fingerprint density at radius 1 is 1.35 bits per heavy atom. The van der Waals surface area contributed by atoms with Crippen molar-refractivity contribution in [2.24, 2.45) is 0 Å². The number of ether oxygens (including phenoxy) is 1. The molecule has 3 rings (SSSR count). The van der Waals surface area contributed by atoms with Crippen molar-refractivity contribution in [3.8, 4) is 5.88 Å². The SMILES string of the molecule is Cc1cc(Cn2cc3c(C(=O)NC[C@H](O)CO)nccc3n2)cnc1OCC(F)(F)F. The molecule has 0 spiro atoms. The second kappa shape index (κ2) is 9.27. The fourth-order valence-corrected chi connectivity index (χ4v) is 2.81. The highest BCUT2D eigenvalue weighted by molar-refractivity contribution is 6.04. The number of carbonyl (C=O) groups is 1. The highest BCUT2D eigenvalue weighted by Crippen LogP contribution is 2.21. The smallest absolute Gasteiger partial charge is 0.422 e. The number of pyridine rings is 2. The summed E-state index contributed by atoms with van der Waals surface area (Å²) in [5, 5.41) is 25.6. The van der Waals surface area contributed by atoms with Crippen LogP contribution < -0.4 is 10.1 Å². The zero-order chi connectivity index (χ0) is 22.6. The van der Waals surface area contributed by atoms with E-state index in [0.29, 0.717) is 22.0 Å². The van der Waals surface area contributed by atoms with Crippen LogP contribution in [-0.4, -0.2) is 67.9 Å². The molecule has 0 aliphatic rings. The van der Waals surface area contributed by atoms with E-state index in [1.807, 2.05) is 0 Å². The summed E-state index contributed by atoms with van der Waals surface area (Å²) < 4.78 is 43.2. The van der Waals surface area contributed by atoms with Gasteiger partial charge in [-0.15, -0.1) is 0 Å². The van der Waals surface area contributed by atoms with Crippen LogP contribution in [0.25, 0.3) is 10.9 Å². The first-order valence-corrected chi connectivity index (χ1v) is 9.20.